The van der Waals surface area contributed by atoms with E-state index >= 15 is 0 Å². The maximum absolute atomic E-state index is 13.6. The number of fused-ring (bicyclic) bond motifs is 7. The van der Waals surface area contributed by atoms with Gasteiger partial charge in [-0.2, -0.15) is 0 Å². The number of rotatable bonds is 6. The molecule has 3 N–H and O–H groups in total. The van der Waals surface area contributed by atoms with E-state index in [1.807, 2.05) is 24.3 Å². The maximum Gasteiger partial charge on any atom is 0.258 e. The monoisotopic (exact) mass is 585 g/mol. The molecule has 0 radical (unpaired) electrons. The summed E-state index contributed by atoms with van der Waals surface area (Å²) in [6.45, 7) is 1.29. The normalized spacial score (nSPS) is 20.2. The quantitative estimate of drug-likeness (QED) is 0.406. The number of benzene rings is 3. The zero-order chi connectivity index (χ0) is 29.8. The van der Waals surface area contributed by atoms with Crippen LogP contribution in [0.3, 0.4) is 0 Å². The highest BCUT2D eigenvalue weighted by Crippen LogP contribution is 2.31. The summed E-state index contributed by atoms with van der Waals surface area (Å²) in [6, 6.07) is 18.7. The number of aromatic hydroxyl groups is 1. The molecule has 1 saturated carbocycles. The summed E-state index contributed by atoms with van der Waals surface area (Å²) in [5.74, 6) is 1.46. The zero-order valence-electron chi connectivity index (χ0n) is 23.8. The van der Waals surface area contributed by atoms with E-state index in [1.165, 1.54) is 0 Å². The van der Waals surface area contributed by atoms with Crippen molar-refractivity contribution in [3.63, 3.8) is 0 Å². The maximum atomic E-state index is 13.6. The van der Waals surface area contributed by atoms with E-state index in [2.05, 4.69) is 10.6 Å². The van der Waals surface area contributed by atoms with E-state index in [0.717, 1.165) is 24.0 Å². The van der Waals surface area contributed by atoms with Crippen LogP contribution in [-0.2, 0) is 22.6 Å². The van der Waals surface area contributed by atoms with E-state index in [1.54, 1.807) is 47.4 Å². The van der Waals surface area contributed by atoms with Crippen molar-refractivity contribution in [3.05, 3.63) is 83.4 Å². The Morgan fingerprint density at radius 3 is 2.53 bits per heavy atom. The molecule has 0 unspecified atom stereocenters. The second-order valence-electron chi connectivity index (χ2n) is 11.4. The SMILES string of the molecule is O=C1COc2cc(OCC3CC3)cc(c2)C(=O)N[C@H]2CN(C(=O)CCc3ccc(O)cc3)C[C@@H]2Oc2ccc(cc2)CN1. The van der Waals surface area contributed by atoms with Crippen LogP contribution in [0.4, 0.5) is 0 Å². The summed E-state index contributed by atoms with van der Waals surface area (Å²) in [5, 5.41) is 15.5. The third-order valence-electron chi connectivity index (χ3n) is 7.89. The van der Waals surface area contributed by atoms with Crippen molar-refractivity contribution >= 4 is 17.7 Å². The molecule has 4 bridgehead atoms. The van der Waals surface area contributed by atoms with Crippen LogP contribution in [0.1, 0.15) is 40.7 Å². The highest BCUT2D eigenvalue weighted by Gasteiger charge is 2.38. The topological polar surface area (TPSA) is 126 Å². The fourth-order valence-corrected chi connectivity index (χ4v) is 5.19. The highest BCUT2D eigenvalue weighted by atomic mass is 16.5. The third kappa shape index (κ3) is 7.57. The lowest BCUT2D eigenvalue weighted by molar-refractivity contribution is -0.130. The summed E-state index contributed by atoms with van der Waals surface area (Å²) < 4.78 is 18.0. The van der Waals surface area contributed by atoms with E-state index in [0.29, 0.717) is 67.8 Å². The predicted octanol–water partition coefficient (Wildman–Crippen LogP) is 3.21. The van der Waals surface area contributed by atoms with Crippen molar-refractivity contribution < 1.29 is 33.7 Å². The van der Waals surface area contributed by atoms with Crippen LogP contribution in [0.25, 0.3) is 0 Å². The molecule has 1 saturated heterocycles. The summed E-state index contributed by atoms with van der Waals surface area (Å²) in [6.07, 6.45) is 2.59. The smallest absolute Gasteiger partial charge is 0.258 e. The van der Waals surface area contributed by atoms with Gasteiger partial charge in [-0.25, -0.2) is 0 Å². The minimum absolute atomic E-state index is 0.0437. The van der Waals surface area contributed by atoms with Gasteiger partial charge in [-0.1, -0.05) is 24.3 Å². The molecule has 3 aromatic rings. The Morgan fingerprint density at radius 1 is 0.977 bits per heavy atom. The lowest BCUT2D eigenvalue weighted by Crippen LogP contribution is -2.45. The van der Waals surface area contributed by atoms with Crippen LogP contribution >= 0.6 is 0 Å². The molecule has 4 aliphatic rings. The molecule has 3 heterocycles. The summed E-state index contributed by atoms with van der Waals surface area (Å²) >= 11 is 0. The number of phenols is 1. The molecule has 10 nitrogen and oxygen atoms in total. The molecule has 1 aliphatic carbocycles. The lowest BCUT2D eigenvalue weighted by atomic mass is 10.1. The Kier molecular flexibility index (Phi) is 8.35. The number of likely N-dealkylation sites (tertiary alicyclic amines) is 1. The van der Waals surface area contributed by atoms with Gasteiger partial charge in [0.25, 0.3) is 11.8 Å². The number of hydrogen-bond acceptors (Lipinski definition) is 7. The number of ether oxygens (including phenoxy) is 3. The van der Waals surface area contributed by atoms with Gasteiger partial charge in [0.15, 0.2) is 6.61 Å². The Balaban J connectivity index is 1.22. The average molecular weight is 586 g/mol. The van der Waals surface area contributed by atoms with Crippen molar-refractivity contribution in [1.29, 1.82) is 0 Å². The molecular formula is C33H35N3O7. The molecule has 43 heavy (non-hydrogen) atoms. The number of phenolic OH excluding ortho intramolecular Hbond substituents is 1. The molecule has 0 spiro atoms. The zero-order valence-corrected chi connectivity index (χ0v) is 23.8. The van der Waals surface area contributed by atoms with Crippen molar-refractivity contribution in [2.24, 2.45) is 5.92 Å². The van der Waals surface area contributed by atoms with E-state index < -0.39 is 12.1 Å². The average Bonchev–Trinajstić information content (AvgIpc) is 3.77. The fraction of sp³-hybridized carbons (Fsp3) is 0.364. The Labute approximate surface area is 249 Å². The number of nitrogens with zero attached hydrogens (tertiary/aromatic N) is 1. The molecule has 3 amide bonds. The predicted molar refractivity (Wildman–Crippen MR) is 157 cm³/mol. The first-order valence-electron chi connectivity index (χ1n) is 14.7. The van der Waals surface area contributed by atoms with Crippen molar-refractivity contribution in [2.75, 3.05) is 26.3 Å². The second kappa shape index (κ2) is 12.6. The third-order valence-corrected chi connectivity index (χ3v) is 7.89. The van der Waals surface area contributed by atoms with Gasteiger partial charge in [-0.15, -0.1) is 0 Å². The van der Waals surface area contributed by atoms with Crippen LogP contribution < -0.4 is 24.8 Å². The molecule has 2 fully saturated rings. The van der Waals surface area contributed by atoms with Crippen molar-refractivity contribution in [2.45, 2.75) is 44.4 Å². The molecule has 10 heteroatoms. The first kappa shape index (κ1) is 28.4. The standard InChI is InChI=1S/C33H35N3O7/c37-25-8-3-21(4-9-25)7-12-32(39)36-17-29-30(18-36)43-26-10-5-22(6-11-26)16-34-31(38)20-42-28-14-24(33(40)35-29)13-27(15-28)41-19-23-1-2-23/h3-6,8-11,13-15,23,29-30,37H,1-2,7,12,16-20H2,(H,34,38)(H,35,40)/t29-,30-/m0/s1. The Hall–Kier alpha value is -4.73. The molecule has 2 atom stereocenters. The molecule has 224 valence electrons. The lowest BCUT2D eigenvalue weighted by Gasteiger charge is -2.21. The first-order valence-corrected chi connectivity index (χ1v) is 14.7. The number of hydrogen-bond donors (Lipinski definition) is 3. The van der Waals surface area contributed by atoms with Gasteiger partial charge < -0.3 is 34.9 Å². The molecule has 7 rings (SSSR count). The van der Waals surface area contributed by atoms with Crippen molar-refractivity contribution in [1.82, 2.24) is 15.5 Å². The van der Waals surface area contributed by atoms with Gasteiger partial charge in [0.05, 0.1) is 19.2 Å². The van der Waals surface area contributed by atoms with Gasteiger partial charge in [-0.05, 0) is 72.7 Å². The number of aryl methyl sites for hydroxylation is 1. The van der Waals surface area contributed by atoms with Gasteiger partial charge in [0.1, 0.15) is 29.1 Å². The summed E-state index contributed by atoms with van der Waals surface area (Å²) in [5.41, 5.74) is 2.17. The van der Waals surface area contributed by atoms with Gasteiger partial charge in [0.2, 0.25) is 5.91 Å². The van der Waals surface area contributed by atoms with E-state index in [4.69, 9.17) is 14.2 Å². The fourth-order valence-electron chi connectivity index (χ4n) is 5.19. The largest absolute Gasteiger partial charge is 0.508 e. The van der Waals surface area contributed by atoms with E-state index in [9.17, 15) is 19.5 Å². The van der Waals surface area contributed by atoms with Gasteiger partial charge >= 0.3 is 0 Å². The van der Waals surface area contributed by atoms with Crippen LogP contribution in [-0.4, -0.2) is 66.2 Å². The van der Waals surface area contributed by atoms with Gasteiger partial charge in [0, 0.05) is 31.1 Å². The minimum Gasteiger partial charge on any atom is -0.508 e. The number of nitrogens with one attached hydrogen (secondary N) is 2. The van der Waals surface area contributed by atoms with E-state index in [-0.39, 0.29) is 30.1 Å². The van der Waals surface area contributed by atoms with Gasteiger partial charge in [-0.3, -0.25) is 14.4 Å². The molecule has 3 aromatic carbocycles. The summed E-state index contributed by atoms with van der Waals surface area (Å²) in [7, 11) is 0. The van der Waals surface area contributed by atoms with Crippen LogP contribution in [0.2, 0.25) is 0 Å². The van der Waals surface area contributed by atoms with Crippen LogP contribution in [0, 0.1) is 5.92 Å². The second-order valence-corrected chi connectivity index (χ2v) is 11.4. The number of amides is 3. The Bertz CT molecular complexity index is 1470. The van der Waals surface area contributed by atoms with Crippen LogP contribution in [0.15, 0.2) is 66.7 Å². The minimum atomic E-state index is -0.479. The number of carbonyl (C=O) groups excluding carboxylic acids is 3. The van der Waals surface area contributed by atoms with Crippen LogP contribution in [0.5, 0.6) is 23.0 Å². The summed E-state index contributed by atoms with van der Waals surface area (Å²) in [4.78, 5) is 41.0. The number of carbonyl (C=O) groups is 3. The first-order chi connectivity index (χ1) is 20.9. The Morgan fingerprint density at radius 2 is 1.77 bits per heavy atom. The molecular weight excluding hydrogens is 550 g/mol. The van der Waals surface area contributed by atoms with Crippen molar-refractivity contribution in [3.8, 4) is 23.0 Å². The highest BCUT2D eigenvalue weighted by molar-refractivity contribution is 5.95. The molecule has 0 aromatic heterocycles. The molecule has 3 aliphatic heterocycles.